The second-order valence-corrected chi connectivity index (χ2v) is 8.47. The molecule has 0 saturated carbocycles. The molecular weight excluding hydrogens is 455 g/mol. The number of nitrogens with one attached hydrogen (secondary N) is 1. The fraction of sp³-hybridized carbons (Fsp3) is 0.320. The lowest BCUT2D eigenvalue weighted by Crippen LogP contribution is -2.44. The Bertz CT molecular complexity index is 1270. The molecule has 0 radical (unpaired) electrons. The Balaban J connectivity index is 1.54. The van der Waals surface area contributed by atoms with Crippen molar-refractivity contribution in [3.63, 3.8) is 0 Å². The standard InChI is InChI=1S/C25H25FN4O5/c26-17-2-1-3-19(12-17)30-25(33)20(24(32)27-22-14-35-15-23(22)31)13-21(28-30)16-4-6-18(7-5-16)29-8-10-34-11-9-29/h1-7,12-13,22-23,31H,8-11,14-15H2,(H,27,32)/t22-,23?/m0/s1. The van der Waals surface area contributed by atoms with Crippen LogP contribution in [0.15, 0.2) is 59.4 Å². The van der Waals surface area contributed by atoms with Crippen LogP contribution in [0.5, 0.6) is 0 Å². The molecule has 3 heterocycles. The molecule has 10 heteroatoms. The number of rotatable bonds is 5. The van der Waals surface area contributed by atoms with Crippen molar-refractivity contribution in [2.75, 3.05) is 44.4 Å². The van der Waals surface area contributed by atoms with Crippen molar-refractivity contribution in [3.8, 4) is 16.9 Å². The molecule has 9 nitrogen and oxygen atoms in total. The molecule has 35 heavy (non-hydrogen) atoms. The number of aromatic nitrogens is 2. The third-order valence-electron chi connectivity index (χ3n) is 6.12. The smallest absolute Gasteiger partial charge is 0.284 e. The number of anilines is 1. The van der Waals surface area contributed by atoms with Crippen LogP contribution in [0, 0.1) is 5.82 Å². The molecule has 5 rings (SSSR count). The lowest BCUT2D eigenvalue weighted by molar-refractivity contribution is 0.0884. The molecule has 182 valence electrons. The molecule has 2 aliphatic heterocycles. The Hall–Kier alpha value is -3.60. The van der Waals surface area contributed by atoms with Gasteiger partial charge in [0.15, 0.2) is 0 Å². The third kappa shape index (κ3) is 4.95. The number of morpholine rings is 1. The van der Waals surface area contributed by atoms with Gasteiger partial charge in [0.1, 0.15) is 11.4 Å². The minimum atomic E-state index is -0.863. The van der Waals surface area contributed by atoms with Gasteiger partial charge in [0.2, 0.25) is 0 Å². The molecule has 1 amide bonds. The Morgan fingerprint density at radius 3 is 2.49 bits per heavy atom. The Morgan fingerprint density at radius 1 is 1.03 bits per heavy atom. The number of halogens is 1. The van der Waals surface area contributed by atoms with Crippen LogP contribution in [0.1, 0.15) is 10.4 Å². The van der Waals surface area contributed by atoms with Crippen LogP contribution in [0.4, 0.5) is 10.1 Å². The van der Waals surface area contributed by atoms with Gasteiger partial charge in [0, 0.05) is 24.3 Å². The van der Waals surface area contributed by atoms with Crippen molar-refractivity contribution in [3.05, 3.63) is 76.3 Å². The summed E-state index contributed by atoms with van der Waals surface area (Å²) in [5.41, 5.74) is 1.41. The normalized spacial score (nSPS) is 20.1. The van der Waals surface area contributed by atoms with E-state index in [9.17, 15) is 19.1 Å². The Morgan fingerprint density at radius 2 is 1.80 bits per heavy atom. The van der Waals surface area contributed by atoms with Gasteiger partial charge in [-0.2, -0.15) is 9.78 Å². The maximum Gasteiger partial charge on any atom is 0.284 e. The molecule has 2 atom stereocenters. The molecule has 2 fully saturated rings. The van der Waals surface area contributed by atoms with E-state index in [1.165, 1.54) is 24.3 Å². The zero-order chi connectivity index (χ0) is 24.4. The first kappa shape index (κ1) is 23.2. The molecule has 2 aliphatic rings. The molecule has 0 aliphatic carbocycles. The van der Waals surface area contributed by atoms with Crippen molar-refractivity contribution in [2.24, 2.45) is 0 Å². The summed E-state index contributed by atoms with van der Waals surface area (Å²) in [6.45, 7) is 3.18. The number of aliphatic hydroxyl groups is 1. The molecule has 2 aromatic carbocycles. The average Bonchev–Trinajstić information content (AvgIpc) is 3.28. The van der Waals surface area contributed by atoms with E-state index in [1.54, 1.807) is 6.07 Å². The van der Waals surface area contributed by atoms with E-state index < -0.39 is 29.4 Å². The average molecular weight is 480 g/mol. The molecule has 2 saturated heterocycles. The molecule has 0 spiro atoms. The number of hydrogen-bond acceptors (Lipinski definition) is 7. The van der Waals surface area contributed by atoms with Crippen LogP contribution in [0.25, 0.3) is 16.9 Å². The van der Waals surface area contributed by atoms with Crippen LogP contribution in [-0.2, 0) is 9.47 Å². The molecule has 0 bridgehead atoms. The van der Waals surface area contributed by atoms with Crippen LogP contribution >= 0.6 is 0 Å². The number of hydrogen-bond donors (Lipinski definition) is 2. The van der Waals surface area contributed by atoms with Gasteiger partial charge in [0.25, 0.3) is 11.5 Å². The summed E-state index contributed by atoms with van der Waals surface area (Å²) in [5, 5.41) is 17.1. The van der Waals surface area contributed by atoms with Gasteiger partial charge in [-0.1, -0.05) is 18.2 Å². The van der Waals surface area contributed by atoms with Gasteiger partial charge in [-0.3, -0.25) is 9.59 Å². The van der Waals surface area contributed by atoms with Crippen molar-refractivity contribution >= 4 is 11.6 Å². The molecular formula is C25H25FN4O5. The van der Waals surface area contributed by atoms with Crippen molar-refractivity contribution in [2.45, 2.75) is 12.1 Å². The zero-order valence-corrected chi connectivity index (χ0v) is 18.9. The summed E-state index contributed by atoms with van der Waals surface area (Å²) in [6.07, 6.45) is -0.863. The zero-order valence-electron chi connectivity index (χ0n) is 18.9. The lowest BCUT2D eigenvalue weighted by Gasteiger charge is -2.28. The summed E-state index contributed by atoms with van der Waals surface area (Å²) in [4.78, 5) is 28.5. The first-order valence-corrected chi connectivity index (χ1v) is 11.4. The maximum absolute atomic E-state index is 13.9. The number of benzene rings is 2. The quantitative estimate of drug-likeness (QED) is 0.568. The second-order valence-electron chi connectivity index (χ2n) is 8.47. The lowest BCUT2D eigenvalue weighted by atomic mass is 10.1. The number of aliphatic hydroxyl groups excluding tert-OH is 1. The topological polar surface area (TPSA) is 106 Å². The fourth-order valence-electron chi connectivity index (χ4n) is 4.17. The predicted molar refractivity (Wildman–Crippen MR) is 126 cm³/mol. The summed E-state index contributed by atoms with van der Waals surface area (Å²) in [6, 6.07) is 13.9. The largest absolute Gasteiger partial charge is 0.388 e. The summed E-state index contributed by atoms with van der Waals surface area (Å²) < 4.78 is 25.5. The van der Waals surface area contributed by atoms with E-state index in [-0.39, 0.29) is 24.5 Å². The maximum atomic E-state index is 13.9. The van der Waals surface area contributed by atoms with E-state index >= 15 is 0 Å². The highest BCUT2D eigenvalue weighted by atomic mass is 19.1. The van der Waals surface area contributed by atoms with Crippen LogP contribution < -0.4 is 15.8 Å². The summed E-state index contributed by atoms with van der Waals surface area (Å²) in [7, 11) is 0. The van der Waals surface area contributed by atoms with E-state index in [0.29, 0.717) is 24.5 Å². The van der Waals surface area contributed by atoms with E-state index in [0.717, 1.165) is 23.5 Å². The van der Waals surface area contributed by atoms with E-state index in [2.05, 4.69) is 15.3 Å². The number of carbonyl (C=O) groups excluding carboxylic acids is 1. The highest BCUT2D eigenvalue weighted by molar-refractivity contribution is 5.95. The minimum absolute atomic E-state index is 0.107. The predicted octanol–water partition coefficient (Wildman–Crippen LogP) is 1.36. The third-order valence-corrected chi connectivity index (χ3v) is 6.12. The van der Waals surface area contributed by atoms with Crippen LogP contribution in [0.2, 0.25) is 0 Å². The fourth-order valence-corrected chi connectivity index (χ4v) is 4.17. The second kappa shape index (κ2) is 9.95. The Kier molecular flexibility index (Phi) is 6.58. The summed E-state index contributed by atoms with van der Waals surface area (Å²) >= 11 is 0. The molecule has 1 unspecified atom stereocenters. The minimum Gasteiger partial charge on any atom is -0.388 e. The van der Waals surface area contributed by atoms with Crippen LogP contribution in [-0.4, -0.2) is 72.5 Å². The molecule has 3 aromatic rings. The first-order valence-electron chi connectivity index (χ1n) is 11.4. The van der Waals surface area contributed by atoms with Crippen molar-refractivity contribution in [1.82, 2.24) is 15.1 Å². The van der Waals surface area contributed by atoms with Gasteiger partial charge in [0.05, 0.1) is 50.0 Å². The Labute approximate surface area is 200 Å². The highest BCUT2D eigenvalue weighted by Gasteiger charge is 2.29. The number of ether oxygens (including phenoxy) is 2. The van der Waals surface area contributed by atoms with E-state index in [4.69, 9.17) is 9.47 Å². The number of nitrogens with zero attached hydrogens (tertiary/aromatic N) is 3. The summed E-state index contributed by atoms with van der Waals surface area (Å²) in [5.74, 6) is -1.20. The van der Waals surface area contributed by atoms with Crippen molar-refractivity contribution in [1.29, 1.82) is 0 Å². The van der Waals surface area contributed by atoms with Gasteiger partial charge in [-0.25, -0.2) is 4.39 Å². The van der Waals surface area contributed by atoms with Gasteiger partial charge < -0.3 is 24.8 Å². The molecule has 2 N–H and O–H groups in total. The SMILES string of the molecule is O=C(N[C@H]1COCC1O)c1cc(-c2ccc(N3CCOCC3)cc2)nn(-c2cccc(F)c2)c1=O. The molecule has 1 aromatic heterocycles. The highest BCUT2D eigenvalue weighted by Crippen LogP contribution is 2.23. The van der Waals surface area contributed by atoms with Crippen LogP contribution in [0.3, 0.4) is 0 Å². The van der Waals surface area contributed by atoms with E-state index in [1.807, 2.05) is 24.3 Å². The van der Waals surface area contributed by atoms with Gasteiger partial charge >= 0.3 is 0 Å². The van der Waals surface area contributed by atoms with Gasteiger partial charge in [-0.15, -0.1) is 0 Å². The first-order chi connectivity index (χ1) is 17.0. The number of carbonyl (C=O) groups is 1. The monoisotopic (exact) mass is 480 g/mol. The van der Waals surface area contributed by atoms with Gasteiger partial charge in [-0.05, 0) is 36.4 Å². The van der Waals surface area contributed by atoms with Crippen molar-refractivity contribution < 1.29 is 23.8 Å². The number of amides is 1.